The van der Waals surface area contributed by atoms with Gasteiger partial charge in [-0.15, -0.1) is 0 Å². The number of methoxy groups -OCH3 is 2. The van der Waals surface area contributed by atoms with Crippen molar-refractivity contribution in [2.75, 3.05) is 26.1 Å². The van der Waals surface area contributed by atoms with Gasteiger partial charge < -0.3 is 19.5 Å². The molecule has 0 bridgehead atoms. The first kappa shape index (κ1) is 17.8. The zero-order chi connectivity index (χ0) is 16.7. The van der Waals surface area contributed by atoms with Gasteiger partial charge in [-0.3, -0.25) is 4.79 Å². The second kappa shape index (κ2) is 8.29. The molecule has 1 rings (SSSR count). The van der Waals surface area contributed by atoms with Crippen molar-refractivity contribution in [3.8, 4) is 11.5 Å². The maximum absolute atomic E-state index is 11.4. The van der Waals surface area contributed by atoms with Crippen LogP contribution in [0.1, 0.15) is 19.4 Å². The summed E-state index contributed by atoms with van der Waals surface area (Å²) in [6.07, 6.45) is 2.74. The molecule has 0 spiro atoms. The summed E-state index contributed by atoms with van der Waals surface area (Å²) in [6.45, 7) is 3.34. The highest BCUT2D eigenvalue weighted by Crippen LogP contribution is 2.43. The third-order valence-electron chi connectivity index (χ3n) is 2.63. The number of nitrogens with one attached hydrogen (secondary N) is 1. The van der Waals surface area contributed by atoms with Gasteiger partial charge in [-0.2, -0.15) is 0 Å². The van der Waals surface area contributed by atoms with E-state index in [2.05, 4.69) is 5.32 Å². The monoisotopic (exact) mass is 327 g/mol. The van der Waals surface area contributed by atoms with E-state index >= 15 is 0 Å². The Balaban J connectivity index is 3.38. The lowest BCUT2D eigenvalue weighted by atomic mass is 10.1. The lowest BCUT2D eigenvalue weighted by Gasteiger charge is -2.16. The molecule has 0 fully saturated rings. The van der Waals surface area contributed by atoms with Crippen LogP contribution in [0.3, 0.4) is 0 Å². The molecule has 6 nitrogen and oxygen atoms in total. The Labute approximate surface area is 134 Å². The van der Waals surface area contributed by atoms with Crippen molar-refractivity contribution >= 4 is 35.2 Å². The average Bonchev–Trinajstić information content (AvgIpc) is 2.46. The summed E-state index contributed by atoms with van der Waals surface area (Å²) in [7, 11) is 2.88. The number of hydrogen-bond donors (Lipinski definition) is 1. The van der Waals surface area contributed by atoms with Crippen molar-refractivity contribution in [1.82, 2.24) is 0 Å². The Morgan fingerprint density at radius 3 is 2.50 bits per heavy atom. The van der Waals surface area contributed by atoms with Gasteiger partial charge in [0.05, 0.1) is 26.5 Å². The fourth-order valence-corrected chi connectivity index (χ4v) is 2.06. The van der Waals surface area contributed by atoms with E-state index in [1.165, 1.54) is 33.3 Å². The predicted molar refractivity (Wildman–Crippen MR) is 84.5 cm³/mol. The minimum Gasteiger partial charge on any atom is -0.495 e. The van der Waals surface area contributed by atoms with Gasteiger partial charge in [-0.1, -0.05) is 11.6 Å². The topological polar surface area (TPSA) is 73.9 Å². The van der Waals surface area contributed by atoms with E-state index < -0.39 is 5.97 Å². The van der Waals surface area contributed by atoms with Crippen LogP contribution in [0.2, 0.25) is 5.02 Å². The lowest BCUT2D eigenvalue weighted by molar-refractivity contribution is -0.137. The fourth-order valence-electron chi connectivity index (χ4n) is 1.75. The number of ether oxygens (including phenoxy) is 3. The van der Waals surface area contributed by atoms with Crippen LogP contribution in [-0.4, -0.2) is 32.7 Å². The fraction of sp³-hybridized carbons (Fsp3) is 0.333. The zero-order valence-electron chi connectivity index (χ0n) is 12.9. The van der Waals surface area contributed by atoms with Crippen LogP contribution in [0.15, 0.2) is 12.1 Å². The average molecular weight is 328 g/mol. The van der Waals surface area contributed by atoms with Crippen LogP contribution in [0.25, 0.3) is 6.08 Å². The second-order valence-electron chi connectivity index (χ2n) is 4.16. The molecule has 0 heterocycles. The van der Waals surface area contributed by atoms with Gasteiger partial charge in [0.1, 0.15) is 10.8 Å². The Morgan fingerprint density at radius 1 is 1.32 bits per heavy atom. The summed E-state index contributed by atoms with van der Waals surface area (Å²) in [5.74, 6) is -0.190. The molecule has 22 heavy (non-hydrogen) atoms. The standard InChI is InChI=1S/C15H18ClNO5/c1-5-22-12(19)7-6-10-8-11(20-3)13(16)15(21-4)14(10)17-9(2)18/h6-8H,5H2,1-4H3,(H,17,18)/b7-6+. The Bertz CT molecular complexity index is 598. The molecule has 0 aliphatic carbocycles. The summed E-state index contributed by atoms with van der Waals surface area (Å²) in [6, 6.07) is 1.59. The molecular weight excluding hydrogens is 310 g/mol. The third kappa shape index (κ3) is 4.39. The Morgan fingerprint density at radius 2 is 2.00 bits per heavy atom. The molecule has 0 aromatic heterocycles. The van der Waals surface area contributed by atoms with E-state index in [1.54, 1.807) is 13.0 Å². The molecule has 0 saturated heterocycles. The number of carbonyl (C=O) groups is 2. The molecule has 0 atom stereocenters. The van der Waals surface area contributed by atoms with Crippen molar-refractivity contribution in [1.29, 1.82) is 0 Å². The summed E-state index contributed by atoms with van der Waals surface area (Å²) in [5, 5.41) is 2.86. The summed E-state index contributed by atoms with van der Waals surface area (Å²) in [4.78, 5) is 22.8. The van der Waals surface area contributed by atoms with E-state index in [4.69, 9.17) is 25.8 Å². The minimum absolute atomic E-state index is 0.224. The first-order chi connectivity index (χ1) is 10.4. The molecule has 0 unspecified atom stereocenters. The van der Waals surface area contributed by atoms with Gasteiger partial charge in [-0.05, 0) is 19.1 Å². The molecule has 0 aliphatic heterocycles. The van der Waals surface area contributed by atoms with Crippen LogP contribution in [0.4, 0.5) is 5.69 Å². The molecule has 0 radical (unpaired) electrons. The van der Waals surface area contributed by atoms with Gasteiger partial charge in [-0.25, -0.2) is 4.79 Å². The smallest absolute Gasteiger partial charge is 0.330 e. The van der Waals surface area contributed by atoms with E-state index in [0.29, 0.717) is 17.0 Å². The molecule has 0 aliphatic rings. The highest BCUT2D eigenvalue weighted by molar-refractivity contribution is 6.34. The maximum atomic E-state index is 11.4. The van der Waals surface area contributed by atoms with E-state index in [9.17, 15) is 9.59 Å². The van der Waals surface area contributed by atoms with Crippen LogP contribution in [-0.2, 0) is 14.3 Å². The molecular formula is C15H18ClNO5. The molecule has 1 amide bonds. The van der Waals surface area contributed by atoms with Crippen LogP contribution in [0.5, 0.6) is 11.5 Å². The molecule has 0 saturated carbocycles. The van der Waals surface area contributed by atoms with Gasteiger partial charge >= 0.3 is 5.97 Å². The first-order valence-electron chi connectivity index (χ1n) is 6.51. The van der Waals surface area contributed by atoms with Gasteiger partial charge in [0.15, 0.2) is 5.75 Å². The zero-order valence-corrected chi connectivity index (χ0v) is 13.6. The number of rotatable bonds is 6. The SMILES string of the molecule is CCOC(=O)/C=C/c1cc(OC)c(Cl)c(OC)c1NC(C)=O. The summed E-state index contributed by atoms with van der Waals surface area (Å²) >= 11 is 6.17. The van der Waals surface area contributed by atoms with E-state index in [-0.39, 0.29) is 23.3 Å². The van der Waals surface area contributed by atoms with Crippen molar-refractivity contribution in [2.24, 2.45) is 0 Å². The van der Waals surface area contributed by atoms with Gasteiger partial charge in [0, 0.05) is 18.6 Å². The number of carbonyl (C=O) groups excluding carboxylic acids is 2. The number of esters is 1. The third-order valence-corrected chi connectivity index (χ3v) is 2.99. The Kier molecular flexibility index (Phi) is 6.72. The largest absolute Gasteiger partial charge is 0.495 e. The number of anilines is 1. The van der Waals surface area contributed by atoms with Crippen molar-refractivity contribution in [2.45, 2.75) is 13.8 Å². The normalized spacial score (nSPS) is 10.4. The van der Waals surface area contributed by atoms with Crippen LogP contribution < -0.4 is 14.8 Å². The van der Waals surface area contributed by atoms with Crippen LogP contribution >= 0.6 is 11.6 Å². The molecule has 1 aromatic rings. The quantitative estimate of drug-likeness (QED) is 0.642. The highest BCUT2D eigenvalue weighted by atomic mass is 35.5. The van der Waals surface area contributed by atoms with Gasteiger partial charge in [0.25, 0.3) is 0 Å². The molecule has 120 valence electrons. The van der Waals surface area contributed by atoms with Crippen molar-refractivity contribution in [3.05, 3.63) is 22.7 Å². The number of hydrogen-bond acceptors (Lipinski definition) is 5. The highest BCUT2D eigenvalue weighted by Gasteiger charge is 2.18. The number of halogens is 1. The maximum Gasteiger partial charge on any atom is 0.330 e. The number of benzene rings is 1. The van der Waals surface area contributed by atoms with Crippen LogP contribution in [0, 0.1) is 0 Å². The molecule has 7 heteroatoms. The van der Waals surface area contributed by atoms with Crippen molar-refractivity contribution in [3.63, 3.8) is 0 Å². The molecule has 1 aromatic carbocycles. The molecule has 1 N–H and O–H groups in total. The van der Waals surface area contributed by atoms with E-state index in [1.807, 2.05) is 0 Å². The Hall–Kier alpha value is -2.21. The van der Waals surface area contributed by atoms with Gasteiger partial charge in [0.2, 0.25) is 5.91 Å². The second-order valence-corrected chi connectivity index (χ2v) is 4.53. The number of amides is 1. The summed E-state index contributed by atoms with van der Waals surface area (Å²) in [5.41, 5.74) is 0.850. The predicted octanol–water partition coefficient (Wildman–Crippen LogP) is 2.89. The minimum atomic E-state index is -0.496. The summed E-state index contributed by atoms with van der Waals surface area (Å²) < 4.78 is 15.2. The van der Waals surface area contributed by atoms with E-state index in [0.717, 1.165) is 0 Å². The lowest BCUT2D eigenvalue weighted by Crippen LogP contribution is -2.09. The first-order valence-corrected chi connectivity index (χ1v) is 6.89. The van der Waals surface area contributed by atoms with Crippen molar-refractivity contribution < 1.29 is 23.8 Å².